The number of carbonyl (C=O) groups excluding carboxylic acids is 1. The highest BCUT2D eigenvalue weighted by Gasteiger charge is 2.38. The maximum Gasteiger partial charge on any atom is 0.257 e. The molecule has 3 aromatic rings. The Balaban J connectivity index is 1.47. The minimum atomic E-state index is -3.67. The molecule has 0 saturated heterocycles. The van der Waals surface area contributed by atoms with Crippen molar-refractivity contribution >= 4 is 21.6 Å². The topological polar surface area (TPSA) is 99.5 Å². The number of fused-ring (bicyclic) bond motifs is 1. The number of aryl methyl sites for hydroxylation is 1. The molecule has 10 heteroatoms. The Labute approximate surface area is 196 Å². The lowest BCUT2D eigenvalue weighted by molar-refractivity contribution is 0.102. The van der Waals surface area contributed by atoms with Gasteiger partial charge in [0, 0.05) is 42.9 Å². The van der Waals surface area contributed by atoms with Crippen LogP contribution in [0.15, 0.2) is 47.5 Å². The Morgan fingerprint density at radius 1 is 1.24 bits per heavy atom. The third kappa shape index (κ3) is 4.25. The van der Waals surface area contributed by atoms with Crippen molar-refractivity contribution in [2.24, 2.45) is 7.05 Å². The van der Waals surface area contributed by atoms with Crippen molar-refractivity contribution < 1.29 is 27.1 Å². The molecule has 178 valence electrons. The Hall–Kier alpha value is -3.40. The van der Waals surface area contributed by atoms with Gasteiger partial charge in [-0.2, -0.15) is 5.10 Å². The predicted molar refractivity (Wildman–Crippen MR) is 123 cm³/mol. The number of nitrogens with one attached hydrogen (secondary N) is 1. The van der Waals surface area contributed by atoms with Crippen LogP contribution in [-0.4, -0.2) is 35.0 Å². The first kappa shape index (κ1) is 22.4. The monoisotopic (exact) mass is 485 g/mol. The molecule has 0 atom stereocenters. The Morgan fingerprint density at radius 3 is 2.65 bits per heavy atom. The number of carbonyl (C=O) groups is 1. The number of halogens is 1. The summed E-state index contributed by atoms with van der Waals surface area (Å²) in [6.07, 6.45) is 3.33. The fourth-order valence-corrected chi connectivity index (χ4v) is 5.70. The van der Waals surface area contributed by atoms with Crippen molar-refractivity contribution in [3.05, 3.63) is 59.5 Å². The average molecular weight is 486 g/mol. The number of anilines is 1. The molecule has 1 N–H and O–H groups in total. The summed E-state index contributed by atoms with van der Waals surface area (Å²) in [5.74, 6) is 0.0968. The largest absolute Gasteiger partial charge is 0.487 e. The van der Waals surface area contributed by atoms with E-state index in [0.717, 1.165) is 11.6 Å². The number of aromatic nitrogens is 2. The summed E-state index contributed by atoms with van der Waals surface area (Å²) in [6.45, 7) is 3.84. The van der Waals surface area contributed by atoms with E-state index in [4.69, 9.17) is 9.47 Å². The molecule has 1 fully saturated rings. The van der Waals surface area contributed by atoms with E-state index >= 15 is 0 Å². The van der Waals surface area contributed by atoms with E-state index in [1.54, 1.807) is 36.1 Å². The summed E-state index contributed by atoms with van der Waals surface area (Å²) in [7, 11) is -1.92. The average Bonchev–Trinajstić information content (AvgIpc) is 3.46. The van der Waals surface area contributed by atoms with Crippen LogP contribution in [0.1, 0.15) is 42.6 Å². The molecule has 1 aliphatic heterocycles. The Morgan fingerprint density at radius 2 is 2.00 bits per heavy atom. The lowest BCUT2D eigenvalue weighted by atomic mass is 9.99. The summed E-state index contributed by atoms with van der Waals surface area (Å²) < 4.78 is 53.1. The number of rotatable bonds is 6. The molecule has 0 unspecified atom stereocenters. The first-order chi connectivity index (χ1) is 16.0. The molecule has 5 rings (SSSR count). The van der Waals surface area contributed by atoms with Crippen molar-refractivity contribution in [3.63, 3.8) is 0 Å². The third-order valence-corrected chi connectivity index (χ3v) is 8.07. The van der Waals surface area contributed by atoms with E-state index in [1.807, 2.05) is 13.8 Å². The normalized spacial score (nSPS) is 16.6. The van der Waals surface area contributed by atoms with E-state index in [9.17, 15) is 17.6 Å². The zero-order chi connectivity index (χ0) is 24.3. The second-order valence-electron chi connectivity index (χ2n) is 9.26. The van der Waals surface area contributed by atoms with Crippen LogP contribution >= 0.6 is 0 Å². The van der Waals surface area contributed by atoms with E-state index in [2.05, 4.69) is 10.4 Å². The van der Waals surface area contributed by atoms with Crippen molar-refractivity contribution in [2.75, 3.05) is 5.32 Å². The van der Waals surface area contributed by atoms with Crippen molar-refractivity contribution in [3.8, 4) is 17.2 Å². The van der Waals surface area contributed by atoms with Crippen molar-refractivity contribution in [1.82, 2.24) is 9.78 Å². The molecule has 8 nitrogen and oxygen atoms in total. The highest BCUT2D eigenvalue weighted by molar-refractivity contribution is 7.92. The van der Waals surface area contributed by atoms with Gasteiger partial charge >= 0.3 is 0 Å². The lowest BCUT2D eigenvalue weighted by Crippen LogP contribution is -2.24. The summed E-state index contributed by atoms with van der Waals surface area (Å²) in [5.41, 5.74) is 0.518. The van der Waals surface area contributed by atoms with Gasteiger partial charge in [-0.15, -0.1) is 0 Å². The third-order valence-electron chi connectivity index (χ3n) is 5.78. The molecular weight excluding hydrogens is 461 g/mol. The number of sulfone groups is 1. The predicted octanol–water partition coefficient (Wildman–Crippen LogP) is 4.25. The van der Waals surface area contributed by atoms with Crippen LogP contribution in [0.2, 0.25) is 0 Å². The molecule has 2 aliphatic rings. The van der Waals surface area contributed by atoms with Crippen LogP contribution in [0, 0.1) is 5.82 Å². The molecule has 1 saturated carbocycles. The molecular formula is C24H24FN3O5S. The summed E-state index contributed by atoms with van der Waals surface area (Å²) in [5, 5.41) is 6.36. The summed E-state index contributed by atoms with van der Waals surface area (Å²) in [4.78, 5) is 12.6. The van der Waals surface area contributed by atoms with Gasteiger partial charge in [-0.05, 0) is 51.0 Å². The van der Waals surface area contributed by atoms with Gasteiger partial charge in [0.1, 0.15) is 33.6 Å². The second-order valence-corrected chi connectivity index (χ2v) is 11.5. The molecule has 1 aromatic heterocycles. The SMILES string of the molecule is Cn1ccc(NC(=O)c2cc(Oc3ccc(S(=O)(=O)C4CC4)c(F)c3)c3c(c2)OC(C)(C)C3)n1. The number of amides is 1. The van der Waals surface area contributed by atoms with Crippen LogP contribution in [0.5, 0.6) is 17.2 Å². The maximum absolute atomic E-state index is 14.7. The van der Waals surface area contributed by atoms with Crippen molar-refractivity contribution in [1.29, 1.82) is 0 Å². The first-order valence-electron chi connectivity index (χ1n) is 10.9. The van der Waals surface area contributed by atoms with Gasteiger partial charge in [0.15, 0.2) is 15.7 Å². The summed E-state index contributed by atoms with van der Waals surface area (Å²) >= 11 is 0. The zero-order valence-electron chi connectivity index (χ0n) is 19.0. The minimum Gasteiger partial charge on any atom is -0.487 e. The fourth-order valence-electron chi connectivity index (χ4n) is 4.00. The van der Waals surface area contributed by atoms with Gasteiger partial charge in [0.05, 0.1) is 5.25 Å². The maximum atomic E-state index is 14.7. The molecule has 34 heavy (non-hydrogen) atoms. The van der Waals surface area contributed by atoms with Gasteiger partial charge in [0.2, 0.25) is 0 Å². The highest BCUT2D eigenvalue weighted by atomic mass is 32.2. The molecule has 0 spiro atoms. The van der Waals surface area contributed by atoms with E-state index in [0.29, 0.717) is 36.6 Å². The number of nitrogens with zero attached hydrogens (tertiary/aromatic N) is 2. The van der Waals surface area contributed by atoms with Crippen LogP contribution in [0.25, 0.3) is 0 Å². The molecule has 1 amide bonds. The van der Waals surface area contributed by atoms with Gasteiger partial charge < -0.3 is 14.8 Å². The number of ether oxygens (including phenoxy) is 2. The minimum absolute atomic E-state index is 0.126. The first-order valence-corrected chi connectivity index (χ1v) is 12.4. The molecule has 0 bridgehead atoms. The lowest BCUT2D eigenvalue weighted by Gasteiger charge is -2.16. The Kier molecular flexibility index (Phi) is 5.16. The Bertz CT molecular complexity index is 1410. The smallest absolute Gasteiger partial charge is 0.257 e. The number of hydrogen-bond acceptors (Lipinski definition) is 6. The van der Waals surface area contributed by atoms with Crippen LogP contribution in [0.3, 0.4) is 0 Å². The molecule has 1 aliphatic carbocycles. The standard InChI is InChI=1S/C24H24FN3O5S/c1-24(2)13-17-19(32-15-4-7-21(18(25)12-15)34(30,31)16-5-6-16)10-14(11-20(17)33-24)23(29)26-22-8-9-28(3)27-22/h4,7-12,16H,5-6,13H2,1-3H3,(H,26,27,29). The highest BCUT2D eigenvalue weighted by Crippen LogP contribution is 2.43. The van der Waals surface area contributed by atoms with Crippen molar-refractivity contribution in [2.45, 2.75) is 48.9 Å². The van der Waals surface area contributed by atoms with E-state index in [1.165, 1.54) is 12.1 Å². The second kappa shape index (κ2) is 7.83. The molecule has 2 aromatic carbocycles. The molecule has 0 radical (unpaired) electrons. The summed E-state index contributed by atoms with van der Waals surface area (Å²) in [6, 6.07) is 8.59. The quantitative estimate of drug-likeness (QED) is 0.560. The van der Waals surface area contributed by atoms with Gasteiger partial charge in [-0.1, -0.05) is 0 Å². The molecule has 2 heterocycles. The van der Waals surface area contributed by atoms with Crippen LogP contribution < -0.4 is 14.8 Å². The van der Waals surface area contributed by atoms with Crippen LogP contribution in [0.4, 0.5) is 10.2 Å². The van der Waals surface area contributed by atoms with Gasteiger partial charge in [-0.25, -0.2) is 12.8 Å². The number of benzene rings is 2. The van der Waals surface area contributed by atoms with E-state index < -0.39 is 32.4 Å². The number of hydrogen-bond donors (Lipinski definition) is 1. The van der Waals surface area contributed by atoms with Crippen LogP contribution in [-0.2, 0) is 23.3 Å². The van der Waals surface area contributed by atoms with Gasteiger partial charge in [-0.3, -0.25) is 9.48 Å². The van der Waals surface area contributed by atoms with E-state index in [-0.39, 0.29) is 16.2 Å². The van der Waals surface area contributed by atoms with Gasteiger partial charge in [0.25, 0.3) is 5.91 Å². The fraction of sp³-hybridized carbons (Fsp3) is 0.333. The zero-order valence-corrected chi connectivity index (χ0v) is 19.8.